The number of fused-ring (bicyclic) bond motifs is 2. The zero-order chi connectivity index (χ0) is 17.5. The Hall–Kier alpha value is -3.54. The van der Waals surface area contributed by atoms with Crippen molar-refractivity contribution in [3.05, 3.63) is 60.6 Å². The van der Waals surface area contributed by atoms with Gasteiger partial charge in [0.25, 0.3) is 0 Å². The quantitative estimate of drug-likeness (QED) is 0.527. The van der Waals surface area contributed by atoms with Crippen LogP contribution in [0.1, 0.15) is 5.76 Å². The number of aromatic nitrogens is 1. The summed E-state index contributed by atoms with van der Waals surface area (Å²) >= 11 is 0. The Balaban J connectivity index is 1.64. The van der Waals surface area contributed by atoms with E-state index in [2.05, 4.69) is 20.6 Å². The lowest BCUT2D eigenvalue weighted by Crippen LogP contribution is -2.19. The molecule has 2 aromatic carbocycles. The molecular formula is C20H16N4O2. The van der Waals surface area contributed by atoms with Gasteiger partial charge >= 0.3 is 0 Å². The topological polar surface area (TPSA) is 82.7 Å². The van der Waals surface area contributed by atoms with Crippen molar-refractivity contribution in [2.75, 3.05) is 18.4 Å². The molecule has 0 saturated heterocycles. The number of nitrogens with one attached hydrogen (secondary N) is 2. The van der Waals surface area contributed by atoms with Gasteiger partial charge in [-0.3, -0.25) is 9.98 Å². The van der Waals surface area contributed by atoms with E-state index in [4.69, 9.17) is 4.42 Å². The van der Waals surface area contributed by atoms with E-state index in [1.807, 2.05) is 36.4 Å². The summed E-state index contributed by atoms with van der Waals surface area (Å²) in [5.74, 6) is 1.71. The lowest BCUT2D eigenvalue weighted by Gasteiger charge is -2.09. The summed E-state index contributed by atoms with van der Waals surface area (Å²) in [6.45, 7) is 1.54. The van der Waals surface area contributed by atoms with Crippen molar-refractivity contribution in [3.63, 3.8) is 0 Å². The van der Waals surface area contributed by atoms with Crippen molar-refractivity contribution in [2.24, 2.45) is 4.99 Å². The number of pyridine rings is 1. The van der Waals surface area contributed by atoms with Gasteiger partial charge in [-0.15, -0.1) is 0 Å². The molecule has 0 saturated carbocycles. The molecule has 6 heteroatoms. The second kappa shape index (κ2) is 5.77. The Morgan fingerprint density at radius 3 is 2.96 bits per heavy atom. The van der Waals surface area contributed by atoms with E-state index in [0.717, 1.165) is 46.5 Å². The van der Waals surface area contributed by atoms with Crippen LogP contribution in [0.15, 0.2) is 64.3 Å². The number of aliphatic imine (C=N–C) groups is 1. The molecule has 1 aliphatic heterocycles. The lowest BCUT2D eigenvalue weighted by molar-refractivity contribution is 0.481. The highest BCUT2D eigenvalue weighted by Crippen LogP contribution is 2.35. The minimum absolute atomic E-state index is 0.277. The zero-order valence-electron chi connectivity index (χ0n) is 13.9. The Morgan fingerprint density at radius 2 is 2.08 bits per heavy atom. The van der Waals surface area contributed by atoms with Gasteiger partial charge in [0.2, 0.25) is 0 Å². The first-order valence-corrected chi connectivity index (χ1v) is 8.43. The summed E-state index contributed by atoms with van der Waals surface area (Å²) in [5.41, 5.74) is 2.47. The molecule has 0 fully saturated rings. The highest BCUT2D eigenvalue weighted by molar-refractivity contribution is 6.10. The molecule has 4 aromatic rings. The minimum Gasteiger partial charge on any atom is -0.507 e. The van der Waals surface area contributed by atoms with Crippen molar-refractivity contribution < 1.29 is 9.52 Å². The summed E-state index contributed by atoms with van der Waals surface area (Å²) in [5, 5.41) is 19.4. The molecule has 5 rings (SSSR count). The summed E-state index contributed by atoms with van der Waals surface area (Å²) in [6, 6.07) is 13.3. The van der Waals surface area contributed by atoms with E-state index in [1.165, 1.54) is 0 Å². The van der Waals surface area contributed by atoms with Crippen LogP contribution < -0.4 is 10.6 Å². The molecule has 26 heavy (non-hydrogen) atoms. The number of nitrogens with zero attached hydrogens (tertiary/aromatic N) is 2. The fourth-order valence-corrected chi connectivity index (χ4v) is 3.28. The molecule has 0 unspecified atom stereocenters. The standard InChI is InChI=1S/C20H16N4O2/c25-16-3-1-2-12-10-13(4-5-14(12)16)24-18-15-6-7-21-11-17(15)26-19(18)20-22-8-9-23-20/h1-7,10-11,24-25H,8-9H2,(H,22,23). The average Bonchev–Trinajstić information content (AvgIpc) is 3.30. The molecule has 2 aromatic heterocycles. The zero-order valence-corrected chi connectivity index (χ0v) is 13.9. The fraction of sp³-hybridized carbons (Fsp3) is 0.100. The fourth-order valence-electron chi connectivity index (χ4n) is 3.28. The first-order chi connectivity index (χ1) is 12.8. The number of hydrogen-bond donors (Lipinski definition) is 3. The highest BCUT2D eigenvalue weighted by Gasteiger charge is 2.21. The maximum atomic E-state index is 9.98. The average molecular weight is 344 g/mol. The normalized spacial score (nSPS) is 13.8. The molecule has 1 aliphatic rings. The van der Waals surface area contributed by atoms with Gasteiger partial charge in [0.15, 0.2) is 17.2 Å². The van der Waals surface area contributed by atoms with E-state index in [-0.39, 0.29) is 5.75 Å². The van der Waals surface area contributed by atoms with Gasteiger partial charge in [-0.25, -0.2) is 0 Å². The Bertz CT molecular complexity index is 1160. The number of benzene rings is 2. The lowest BCUT2D eigenvalue weighted by atomic mass is 10.1. The summed E-state index contributed by atoms with van der Waals surface area (Å²) in [6.07, 6.45) is 3.45. The molecule has 0 aliphatic carbocycles. The monoisotopic (exact) mass is 344 g/mol. The Labute approximate surface area is 149 Å². The van der Waals surface area contributed by atoms with Gasteiger partial charge in [0.1, 0.15) is 5.75 Å². The van der Waals surface area contributed by atoms with Crippen molar-refractivity contribution >= 4 is 39.0 Å². The molecule has 0 bridgehead atoms. The van der Waals surface area contributed by atoms with Gasteiger partial charge in [-0.05, 0) is 35.7 Å². The molecule has 128 valence electrons. The van der Waals surface area contributed by atoms with Crippen LogP contribution in [0, 0.1) is 0 Å². The summed E-state index contributed by atoms with van der Waals surface area (Å²) in [7, 11) is 0. The molecular weight excluding hydrogens is 328 g/mol. The third-order valence-corrected chi connectivity index (χ3v) is 4.51. The van der Waals surface area contributed by atoms with Gasteiger partial charge in [0, 0.05) is 29.2 Å². The second-order valence-corrected chi connectivity index (χ2v) is 6.17. The summed E-state index contributed by atoms with van der Waals surface area (Å²) in [4.78, 5) is 8.63. The first kappa shape index (κ1) is 14.8. The number of hydrogen-bond acceptors (Lipinski definition) is 6. The van der Waals surface area contributed by atoms with Crippen LogP contribution in [0.25, 0.3) is 21.7 Å². The maximum Gasteiger partial charge on any atom is 0.193 e. The third kappa shape index (κ3) is 2.35. The van der Waals surface area contributed by atoms with Crippen molar-refractivity contribution in [2.45, 2.75) is 0 Å². The van der Waals surface area contributed by atoms with Crippen LogP contribution in [0.5, 0.6) is 5.75 Å². The Kier molecular flexibility index (Phi) is 3.28. The molecule has 0 radical (unpaired) electrons. The number of phenolic OH excluding ortho intramolecular Hbond substituents is 1. The van der Waals surface area contributed by atoms with Crippen molar-refractivity contribution in [3.8, 4) is 5.75 Å². The number of amidine groups is 1. The SMILES string of the molecule is Oc1cccc2cc(Nc3c(C4=NCCN4)oc4cnccc34)ccc12. The van der Waals surface area contributed by atoms with Crippen LogP contribution in [-0.4, -0.2) is 29.0 Å². The molecule has 0 spiro atoms. The van der Waals surface area contributed by atoms with Crippen molar-refractivity contribution in [1.29, 1.82) is 0 Å². The van der Waals surface area contributed by atoms with Crippen LogP contribution in [0.3, 0.4) is 0 Å². The van der Waals surface area contributed by atoms with Crippen LogP contribution in [-0.2, 0) is 0 Å². The van der Waals surface area contributed by atoms with E-state index in [9.17, 15) is 5.11 Å². The number of rotatable bonds is 3. The second-order valence-electron chi connectivity index (χ2n) is 6.17. The number of aromatic hydroxyl groups is 1. The molecule has 6 nitrogen and oxygen atoms in total. The van der Waals surface area contributed by atoms with E-state index in [1.54, 1.807) is 18.5 Å². The Morgan fingerprint density at radius 1 is 1.12 bits per heavy atom. The van der Waals surface area contributed by atoms with E-state index >= 15 is 0 Å². The van der Waals surface area contributed by atoms with E-state index < -0.39 is 0 Å². The third-order valence-electron chi connectivity index (χ3n) is 4.51. The van der Waals surface area contributed by atoms with E-state index in [0.29, 0.717) is 11.3 Å². The predicted octanol–water partition coefficient (Wildman–Crippen LogP) is 3.78. The van der Waals surface area contributed by atoms with Gasteiger partial charge in [-0.1, -0.05) is 12.1 Å². The molecule has 3 heterocycles. The maximum absolute atomic E-state index is 9.98. The van der Waals surface area contributed by atoms with Crippen LogP contribution in [0.2, 0.25) is 0 Å². The smallest absolute Gasteiger partial charge is 0.193 e. The first-order valence-electron chi connectivity index (χ1n) is 8.43. The van der Waals surface area contributed by atoms with Crippen molar-refractivity contribution in [1.82, 2.24) is 10.3 Å². The molecule has 0 amide bonds. The number of phenols is 1. The van der Waals surface area contributed by atoms with Crippen LogP contribution in [0.4, 0.5) is 11.4 Å². The predicted molar refractivity (Wildman–Crippen MR) is 102 cm³/mol. The number of anilines is 2. The number of furan rings is 1. The minimum atomic E-state index is 0.277. The van der Waals surface area contributed by atoms with Crippen LogP contribution >= 0.6 is 0 Å². The largest absolute Gasteiger partial charge is 0.507 e. The summed E-state index contributed by atoms with van der Waals surface area (Å²) < 4.78 is 6.00. The van der Waals surface area contributed by atoms with Gasteiger partial charge in [-0.2, -0.15) is 0 Å². The van der Waals surface area contributed by atoms with Gasteiger partial charge in [0.05, 0.1) is 18.4 Å². The molecule has 3 N–H and O–H groups in total. The van der Waals surface area contributed by atoms with Gasteiger partial charge < -0.3 is 20.2 Å². The highest BCUT2D eigenvalue weighted by atomic mass is 16.3. The molecule has 0 atom stereocenters.